The van der Waals surface area contributed by atoms with Gasteiger partial charge in [0, 0.05) is 18.4 Å². The lowest BCUT2D eigenvalue weighted by molar-refractivity contribution is -0.115. The first-order valence-corrected chi connectivity index (χ1v) is 9.15. The van der Waals surface area contributed by atoms with Crippen LogP contribution >= 0.6 is 0 Å². The fraction of sp³-hybridized carbons (Fsp3) is 0.235. The number of hydrogen-bond acceptors (Lipinski definition) is 4. The van der Waals surface area contributed by atoms with E-state index in [-0.39, 0.29) is 17.2 Å². The van der Waals surface area contributed by atoms with Gasteiger partial charge >= 0.3 is 0 Å². The Morgan fingerprint density at radius 1 is 1.17 bits per heavy atom. The van der Waals surface area contributed by atoms with Crippen molar-refractivity contribution in [2.45, 2.75) is 17.7 Å². The third kappa shape index (κ3) is 3.71. The van der Waals surface area contributed by atoms with Gasteiger partial charge < -0.3 is 10.1 Å². The minimum Gasteiger partial charge on any atom is -0.493 e. The molecule has 0 radical (unpaired) electrons. The van der Waals surface area contributed by atoms with Crippen molar-refractivity contribution in [3.63, 3.8) is 0 Å². The molecule has 2 aromatic rings. The lowest BCUT2D eigenvalue weighted by Gasteiger charge is -2.07. The molecule has 0 unspecified atom stereocenters. The van der Waals surface area contributed by atoms with Gasteiger partial charge in [0.1, 0.15) is 5.75 Å². The summed E-state index contributed by atoms with van der Waals surface area (Å²) in [5.41, 5.74) is 2.64. The van der Waals surface area contributed by atoms with E-state index in [2.05, 4.69) is 5.32 Å². The minimum absolute atomic E-state index is 0.143. The third-order valence-electron chi connectivity index (χ3n) is 3.68. The summed E-state index contributed by atoms with van der Waals surface area (Å²) in [6.07, 6.45) is 2.29. The zero-order chi connectivity index (χ0) is 16.4. The first kappa shape index (κ1) is 15.6. The van der Waals surface area contributed by atoms with E-state index in [4.69, 9.17) is 4.74 Å². The van der Waals surface area contributed by atoms with Crippen LogP contribution in [-0.4, -0.2) is 27.2 Å². The van der Waals surface area contributed by atoms with Crippen molar-refractivity contribution in [2.24, 2.45) is 0 Å². The number of sulfone groups is 1. The van der Waals surface area contributed by atoms with E-state index in [1.165, 1.54) is 12.1 Å². The zero-order valence-electron chi connectivity index (χ0n) is 12.7. The highest BCUT2D eigenvalue weighted by Gasteiger charge is 2.13. The highest BCUT2D eigenvalue weighted by molar-refractivity contribution is 7.90. The molecule has 3 rings (SSSR count). The standard InChI is InChI=1S/C17H17NO4S/c1-23(20,21)15-5-3-14(4-6-15)18-17(19)11-12-2-7-16-13(10-12)8-9-22-16/h2-7,10H,8-9,11H2,1H3,(H,18,19). The fourth-order valence-corrected chi connectivity index (χ4v) is 3.16. The van der Waals surface area contributed by atoms with Crippen molar-refractivity contribution >= 4 is 21.4 Å². The van der Waals surface area contributed by atoms with Gasteiger partial charge in [0.05, 0.1) is 17.9 Å². The number of hydrogen-bond donors (Lipinski definition) is 1. The van der Waals surface area contributed by atoms with Crippen LogP contribution < -0.4 is 10.1 Å². The van der Waals surface area contributed by atoms with E-state index in [0.717, 1.165) is 29.6 Å². The molecule has 0 bridgehead atoms. The molecule has 1 heterocycles. The molecule has 23 heavy (non-hydrogen) atoms. The Bertz CT molecular complexity index is 841. The minimum atomic E-state index is -3.23. The first-order chi connectivity index (χ1) is 10.9. The lowest BCUT2D eigenvalue weighted by Crippen LogP contribution is -2.14. The SMILES string of the molecule is CS(=O)(=O)c1ccc(NC(=O)Cc2ccc3c(c2)CCO3)cc1. The highest BCUT2D eigenvalue weighted by atomic mass is 32.2. The second kappa shape index (κ2) is 6.04. The molecule has 0 saturated heterocycles. The normalized spacial score (nSPS) is 13.3. The molecule has 0 spiro atoms. The van der Waals surface area contributed by atoms with Crippen LogP contribution in [0.25, 0.3) is 0 Å². The van der Waals surface area contributed by atoms with Gasteiger partial charge in [-0.05, 0) is 41.5 Å². The van der Waals surface area contributed by atoms with Gasteiger partial charge in [-0.2, -0.15) is 0 Å². The first-order valence-electron chi connectivity index (χ1n) is 7.26. The summed E-state index contributed by atoms with van der Waals surface area (Å²) in [6.45, 7) is 0.692. The van der Waals surface area contributed by atoms with Gasteiger partial charge in [0.15, 0.2) is 9.84 Å². The average molecular weight is 331 g/mol. The van der Waals surface area contributed by atoms with E-state index in [9.17, 15) is 13.2 Å². The quantitative estimate of drug-likeness (QED) is 0.932. The Labute approximate surface area is 135 Å². The number of carbonyl (C=O) groups is 1. The van der Waals surface area contributed by atoms with Gasteiger partial charge in [0.2, 0.25) is 5.91 Å². The number of ether oxygens (including phenoxy) is 1. The van der Waals surface area contributed by atoms with Crippen molar-refractivity contribution in [3.05, 3.63) is 53.6 Å². The molecule has 5 nitrogen and oxygen atoms in total. The van der Waals surface area contributed by atoms with Crippen LogP contribution in [0.2, 0.25) is 0 Å². The summed E-state index contributed by atoms with van der Waals surface area (Å²) in [5, 5.41) is 2.77. The van der Waals surface area contributed by atoms with Gasteiger partial charge in [-0.1, -0.05) is 12.1 Å². The van der Waals surface area contributed by atoms with Crippen molar-refractivity contribution in [1.82, 2.24) is 0 Å². The van der Waals surface area contributed by atoms with Crippen LogP contribution in [0.3, 0.4) is 0 Å². The Morgan fingerprint density at radius 2 is 1.91 bits per heavy atom. The number of amides is 1. The molecule has 0 fully saturated rings. The van der Waals surface area contributed by atoms with Crippen LogP contribution in [0.4, 0.5) is 5.69 Å². The molecule has 0 atom stereocenters. The highest BCUT2D eigenvalue weighted by Crippen LogP contribution is 2.26. The largest absolute Gasteiger partial charge is 0.493 e. The van der Waals surface area contributed by atoms with E-state index < -0.39 is 9.84 Å². The third-order valence-corrected chi connectivity index (χ3v) is 4.81. The summed E-state index contributed by atoms with van der Waals surface area (Å²) in [5.74, 6) is 0.751. The number of nitrogens with one attached hydrogen (secondary N) is 1. The van der Waals surface area contributed by atoms with Crippen LogP contribution in [0.5, 0.6) is 5.75 Å². The van der Waals surface area contributed by atoms with Crippen LogP contribution in [0.1, 0.15) is 11.1 Å². The number of benzene rings is 2. The smallest absolute Gasteiger partial charge is 0.228 e. The van der Waals surface area contributed by atoms with E-state index in [0.29, 0.717) is 12.3 Å². The summed E-state index contributed by atoms with van der Waals surface area (Å²) in [4.78, 5) is 12.3. The van der Waals surface area contributed by atoms with E-state index in [1.54, 1.807) is 12.1 Å². The van der Waals surface area contributed by atoms with Crippen LogP contribution in [-0.2, 0) is 27.5 Å². The van der Waals surface area contributed by atoms with Gasteiger partial charge in [-0.3, -0.25) is 4.79 Å². The molecule has 6 heteroatoms. The zero-order valence-corrected chi connectivity index (χ0v) is 13.5. The van der Waals surface area contributed by atoms with Gasteiger partial charge in [-0.25, -0.2) is 8.42 Å². The maximum atomic E-state index is 12.1. The average Bonchev–Trinajstić information content (AvgIpc) is 2.94. The van der Waals surface area contributed by atoms with Gasteiger partial charge in [0.25, 0.3) is 0 Å². The van der Waals surface area contributed by atoms with Crippen molar-refractivity contribution < 1.29 is 17.9 Å². The molecule has 0 aliphatic carbocycles. The lowest BCUT2D eigenvalue weighted by atomic mass is 10.1. The molecule has 1 aliphatic rings. The Balaban J connectivity index is 1.65. The fourth-order valence-electron chi connectivity index (χ4n) is 2.53. The predicted molar refractivity (Wildman–Crippen MR) is 87.5 cm³/mol. The Morgan fingerprint density at radius 3 is 2.61 bits per heavy atom. The molecule has 1 amide bonds. The van der Waals surface area contributed by atoms with Crippen molar-refractivity contribution in [3.8, 4) is 5.75 Å². The summed E-state index contributed by atoms with van der Waals surface area (Å²) < 4.78 is 28.2. The predicted octanol–water partition coefficient (Wildman–Crippen LogP) is 2.21. The molecule has 120 valence electrons. The van der Waals surface area contributed by atoms with Crippen LogP contribution in [0, 0.1) is 0 Å². The summed E-state index contributed by atoms with van der Waals surface area (Å²) >= 11 is 0. The molecule has 0 aromatic heterocycles. The molecule has 2 aromatic carbocycles. The Kier molecular flexibility index (Phi) is 4.09. The Hall–Kier alpha value is -2.34. The topological polar surface area (TPSA) is 72.5 Å². The summed E-state index contributed by atoms with van der Waals surface area (Å²) in [7, 11) is -3.23. The second-order valence-corrected chi connectivity index (χ2v) is 7.58. The molecular formula is C17H17NO4S. The number of fused-ring (bicyclic) bond motifs is 1. The number of carbonyl (C=O) groups excluding carboxylic acids is 1. The number of rotatable bonds is 4. The van der Waals surface area contributed by atoms with E-state index >= 15 is 0 Å². The molecule has 0 saturated carbocycles. The maximum absolute atomic E-state index is 12.1. The number of anilines is 1. The molecule has 1 N–H and O–H groups in total. The molecular weight excluding hydrogens is 314 g/mol. The monoisotopic (exact) mass is 331 g/mol. The van der Waals surface area contributed by atoms with Gasteiger partial charge in [-0.15, -0.1) is 0 Å². The maximum Gasteiger partial charge on any atom is 0.228 e. The van der Waals surface area contributed by atoms with E-state index in [1.807, 2.05) is 18.2 Å². The van der Waals surface area contributed by atoms with Crippen molar-refractivity contribution in [2.75, 3.05) is 18.2 Å². The molecule has 1 aliphatic heterocycles. The van der Waals surface area contributed by atoms with Crippen molar-refractivity contribution in [1.29, 1.82) is 0 Å². The summed E-state index contributed by atoms with van der Waals surface area (Å²) in [6, 6.07) is 11.9. The van der Waals surface area contributed by atoms with Crippen LogP contribution in [0.15, 0.2) is 47.4 Å². The second-order valence-electron chi connectivity index (χ2n) is 5.56.